The molecule has 0 bridgehead atoms. The van der Waals surface area contributed by atoms with Crippen LogP contribution in [0.3, 0.4) is 0 Å². The molecular formula is C16H24N2O. The van der Waals surface area contributed by atoms with Gasteiger partial charge in [0.2, 0.25) is 0 Å². The Kier molecular flexibility index (Phi) is 4.13. The molecule has 1 fully saturated rings. The van der Waals surface area contributed by atoms with Crippen LogP contribution in [0.25, 0.3) is 0 Å². The second-order valence-corrected chi connectivity index (χ2v) is 6.09. The van der Waals surface area contributed by atoms with Gasteiger partial charge in [0.1, 0.15) is 0 Å². The van der Waals surface area contributed by atoms with Gasteiger partial charge < -0.3 is 10.6 Å². The molecule has 0 aromatic heterocycles. The van der Waals surface area contributed by atoms with E-state index < -0.39 is 0 Å². The van der Waals surface area contributed by atoms with Crippen LogP contribution in [0.1, 0.15) is 49.9 Å². The number of amides is 1. The van der Waals surface area contributed by atoms with Gasteiger partial charge in [-0.2, -0.15) is 0 Å². The Morgan fingerprint density at radius 2 is 2.11 bits per heavy atom. The Labute approximate surface area is 115 Å². The molecule has 1 aliphatic rings. The Bertz CT molecular complexity index is 454. The maximum atomic E-state index is 11.6. The minimum atomic E-state index is -0.0356. The van der Waals surface area contributed by atoms with Crippen molar-refractivity contribution in [1.82, 2.24) is 5.32 Å². The Morgan fingerprint density at radius 3 is 2.79 bits per heavy atom. The van der Waals surface area contributed by atoms with Gasteiger partial charge in [0, 0.05) is 24.3 Å². The molecule has 0 heterocycles. The first kappa shape index (κ1) is 13.9. The smallest absolute Gasteiger partial charge is 0.251 e. The number of nitrogens with one attached hydrogen (secondary N) is 2. The predicted octanol–water partition coefficient (Wildman–Crippen LogP) is 3.43. The Hall–Kier alpha value is -1.51. The first-order valence-electron chi connectivity index (χ1n) is 7.11. The highest BCUT2D eigenvalue weighted by Gasteiger charge is 2.31. The van der Waals surface area contributed by atoms with E-state index in [1.807, 2.05) is 24.3 Å². The second-order valence-electron chi connectivity index (χ2n) is 6.09. The van der Waals surface area contributed by atoms with Crippen LogP contribution in [-0.2, 0) is 0 Å². The van der Waals surface area contributed by atoms with Crippen molar-refractivity contribution in [2.75, 3.05) is 12.4 Å². The van der Waals surface area contributed by atoms with Gasteiger partial charge in [0.15, 0.2) is 0 Å². The van der Waals surface area contributed by atoms with Crippen molar-refractivity contribution >= 4 is 11.6 Å². The molecule has 2 rings (SSSR count). The number of carbonyl (C=O) groups is 1. The van der Waals surface area contributed by atoms with Crippen LogP contribution in [0.4, 0.5) is 5.69 Å². The number of carbonyl (C=O) groups excluding carboxylic acids is 1. The lowest BCUT2D eigenvalue weighted by atomic mass is 9.73. The third kappa shape index (κ3) is 3.28. The normalized spacial score (nSPS) is 21.7. The van der Waals surface area contributed by atoms with Crippen molar-refractivity contribution in [3.8, 4) is 0 Å². The summed E-state index contributed by atoms with van der Waals surface area (Å²) in [5.41, 5.74) is 2.07. The van der Waals surface area contributed by atoms with Crippen molar-refractivity contribution in [1.29, 1.82) is 0 Å². The van der Waals surface area contributed by atoms with E-state index in [0.29, 0.717) is 17.0 Å². The molecule has 0 aliphatic heterocycles. The minimum Gasteiger partial charge on any atom is -0.382 e. The standard InChI is InChI=1S/C16H24N2O/c1-16(2)10-5-4-9-14(16)18-13-8-6-7-12(11-13)15(19)17-3/h6-8,11,14,18H,4-5,9-10H2,1-3H3,(H,17,19). The highest BCUT2D eigenvalue weighted by molar-refractivity contribution is 5.94. The zero-order chi connectivity index (χ0) is 13.9. The maximum absolute atomic E-state index is 11.6. The molecule has 0 saturated heterocycles. The number of hydrogen-bond acceptors (Lipinski definition) is 2. The molecular weight excluding hydrogens is 236 g/mol. The third-order valence-corrected chi connectivity index (χ3v) is 4.20. The molecule has 2 N–H and O–H groups in total. The summed E-state index contributed by atoms with van der Waals surface area (Å²) in [6, 6.07) is 8.24. The molecule has 1 amide bonds. The molecule has 3 nitrogen and oxygen atoms in total. The Morgan fingerprint density at radius 1 is 1.32 bits per heavy atom. The number of benzene rings is 1. The summed E-state index contributed by atoms with van der Waals surface area (Å²) in [5.74, 6) is -0.0356. The summed E-state index contributed by atoms with van der Waals surface area (Å²) >= 11 is 0. The molecule has 1 aromatic carbocycles. The minimum absolute atomic E-state index is 0.0356. The fourth-order valence-electron chi connectivity index (χ4n) is 2.86. The largest absolute Gasteiger partial charge is 0.382 e. The fraction of sp³-hybridized carbons (Fsp3) is 0.562. The van der Waals surface area contributed by atoms with Gasteiger partial charge >= 0.3 is 0 Å². The third-order valence-electron chi connectivity index (χ3n) is 4.20. The monoisotopic (exact) mass is 260 g/mol. The van der Waals surface area contributed by atoms with Crippen molar-refractivity contribution < 1.29 is 4.79 Å². The van der Waals surface area contributed by atoms with Crippen LogP contribution in [0.2, 0.25) is 0 Å². The van der Waals surface area contributed by atoms with Crippen molar-refractivity contribution in [3.63, 3.8) is 0 Å². The van der Waals surface area contributed by atoms with Crippen LogP contribution in [0, 0.1) is 5.41 Å². The number of anilines is 1. The van der Waals surface area contributed by atoms with E-state index in [2.05, 4.69) is 24.5 Å². The van der Waals surface area contributed by atoms with Crippen molar-refractivity contribution in [2.45, 2.75) is 45.6 Å². The van der Waals surface area contributed by atoms with Crippen molar-refractivity contribution in [3.05, 3.63) is 29.8 Å². The average molecular weight is 260 g/mol. The van der Waals surface area contributed by atoms with Gasteiger partial charge in [-0.25, -0.2) is 0 Å². The summed E-state index contributed by atoms with van der Waals surface area (Å²) in [7, 11) is 1.66. The van der Waals surface area contributed by atoms with Gasteiger partial charge in [-0.05, 0) is 36.5 Å². The first-order chi connectivity index (χ1) is 9.03. The number of hydrogen-bond donors (Lipinski definition) is 2. The molecule has 1 atom stereocenters. The summed E-state index contributed by atoms with van der Waals surface area (Å²) in [6.07, 6.45) is 5.08. The summed E-state index contributed by atoms with van der Waals surface area (Å²) in [5, 5.41) is 6.27. The molecule has 0 spiro atoms. The van der Waals surface area contributed by atoms with Gasteiger partial charge in [-0.1, -0.05) is 32.8 Å². The zero-order valence-corrected chi connectivity index (χ0v) is 12.1. The summed E-state index contributed by atoms with van der Waals surface area (Å²) < 4.78 is 0. The van der Waals surface area contributed by atoms with Crippen LogP contribution < -0.4 is 10.6 Å². The molecule has 1 aromatic rings. The second kappa shape index (κ2) is 5.64. The average Bonchev–Trinajstić information content (AvgIpc) is 2.40. The number of rotatable bonds is 3. The van der Waals surface area contributed by atoms with Gasteiger partial charge in [-0.15, -0.1) is 0 Å². The van der Waals surface area contributed by atoms with Gasteiger partial charge in [0.05, 0.1) is 0 Å². The van der Waals surface area contributed by atoms with E-state index >= 15 is 0 Å². The van der Waals surface area contributed by atoms with Gasteiger partial charge in [0.25, 0.3) is 5.91 Å². The van der Waals surface area contributed by atoms with Gasteiger partial charge in [-0.3, -0.25) is 4.79 Å². The predicted molar refractivity (Wildman–Crippen MR) is 79.5 cm³/mol. The van der Waals surface area contributed by atoms with Crippen LogP contribution in [0.5, 0.6) is 0 Å². The lowest BCUT2D eigenvalue weighted by Crippen LogP contribution is -2.38. The van der Waals surface area contributed by atoms with Crippen LogP contribution >= 0.6 is 0 Å². The molecule has 3 heteroatoms. The topological polar surface area (TPSA) is 41.1 Å². The molecule has 1 unspecified atom stereocenters. The lowest BCUT2D eigenvalue weighted by Gasteiger charge is -2.39. The first-order valence-corrected chi connectivity index (χ1v) is 7.11. The van der Waals surface area contributed by atoms with E-state index in [9.17, 15) is 4.79 Å². The van der Waals surface area contributed by atoms with E-state index in [-0.39, 0.29) is 5.91 Å². The molecule has 1 aliphatic carbocycles. The van der Waals surface area contributed by atoms with E-state index in [4.69, 9.17) is 0 Å². The highest BCUT2D eigenvalue weighted by atomic mass is 16.1. The zero-order valence-electron chi connectivity index (χ0n) is 12.1. The molecule has 0 radical (unpaired) electrons. The van der Waals surface area contributed by atoms with E-state index in [0.717, 1.165) is 5.69 Å². The lowest BCUT2D eigenvalue weighted by molar-refractivity contribution is 0.0963. The van der Waals surface area contributed by atoms with Crippen LogP contribution in [0.15, 0.2) is 24.3 Å². The summed E-state index contributed by atoms with van der Waals surface area (Å²) in [4.78, 5) is 11.6. The molecule has 104 valence electrons. The van der Waals surface area contributed by atoms with E-state index in [1.54, 1.807) is 7.05 Å². The fourth-order valence-corrected chi connectivity index (χ4v) is 2.86. The van der Waals surface area contributed by atoms with Crippen molar-refractivity contribution in [2.24, 2.45) is 5.41 Å². The molecule has 19 heavy (non-hydrogen) atoms. The highest BCUT2D eigenvalue weighted by Crippen LogP contribution is 2.37. The van der Waals surface area contributed by atoms with Crippen LogP contribution in [-0.4, -0.2) is 19.0 Å². The quantitative estimate of drug-likeness (QED) is 0.874. The maximum Gasteiger partial charge on any atom is 0.251 e. The van der Waals surface area contributed by atoms with E-state index in [1.165, 1.54) is 25.7 Å². The Balaban J connectivity index is 2.12. The SMILES string of the molecule is CNC(=O)c1cccc(NC2CCCCC2(C)C)c1. The summed E-state index contributed by atoms with van der Waals surface area (Å²) in [6.45, 7) is 4.65. The molecule has 1 saturated carbocycles.